The average Bonchev–Trinajstić information content (AvgIpc) is 2.14. The average molecular weight is 276 g/mol. The molecule has 1 N–H and O–H groups in total. The number of halogens is 2. The van der Waals surface area contributed by atoms with Crippen LogP contribution < -0.4 is 0 Å². The molecule has 0 saturated carbocycles. The first kappa shape index (κ1) is 11.3. The quantitative estimate of drug-likeness (QED) is 0.858. The zero-order valence-corrected chi connectivity index (χ0v) is 9.55. The summed E-state index contributed by atoms with van der Waals surface area (Å²) in [6.07, 6.45) is 3.68. The van der Waals surface area contributed by atoms with Crippen LogP contribution in [0.15, 0.2) is 24.3 Å². The van der Waals surface area contributed by atoms with Gasteiger partial charge in [0.1, 0.15) is 0 Å². The van der Waals surface area contributed by atoms with Gasteiger partial charge < -0.3 is 5.11 Å². The van der Waals surface area contributed by atoms with E-state index in [1.807, 2.05) is 12.2 Å². The molecule has 14 heavy (non-hydrogen) atoms. The Bertz CT molecular complexity index is 374. The Morgan fingerprint density at radius 3 is 2.79 bits per heavy atom. The number of carboxylic acid groups (broad SMARTS) is 1. The Hall–Kier alpha value is -0.800. The normalized spacial score (nSPS) is 10.7. The van der Waals surface area contributed by atoms with Crippen LogP contribution in [0.3, 0.4) is 0 Å². The van der Waals surface area contributed by atoms with Crippen molar-refractivity contribution in [3.05, 3.63) is 40.4 Å². The number of benzene rings is 1. The Morgan fingerprint density at radius 2 is 2.21 bits per heavy atom. The van der Waals surface area contributed by atoms with Crippen LogP contribution in [0.2, 0.25) is 5.02 Å². The maximum absolute atomic E-state index is 10.7. The summed E-state index contributed by atoms with van der Waals surface area (Å²) in [5.41, 5.74) is 0.987. The molecule has 1 aromatic rings. The first-order valence-electron chi connectivity index (χ1n) is 3.90. The molecule has 0 saturated heterocycles. The molecule has 74 valence electrons. The molecule has 1 rings (SSSR count). The van der Waals surface area contributed by atoms with E-state index in [-0.39, 0.29) is 5.56 Å². The van der Waals surface area contributed by atoms with E-state index in [1.54, 1.807) is 12.1 Å². The molecule has 4 heteroatoms. The van der Waals surface area contributed by atoms with Crippen molar-refractivity contribution in [1.82, 2.24) is 0 Å². The molecule has 0 bridgehead atoms. The summed E-state index contributed by atoms with van der Waals surface area (Å²) in [6, 6.07) is 4.72. The van der Waals surface area contributed by atoms with E-state index < -0.39 is 5.97 Å². The second kappa shape index (κ2) is 5.17. The number of aromatic carboxylic acids is 1. The third kappa shape index (κ3) is 3.16. The van der Waals surface area contributed by atoms with E-state index in [0.29, 0.717) is 5.02 Å². The topological polar surface area (TPSA) is 37.3 Å². The molecule has 0 aliphatic heterocycles. The first-order chi connectivity index (χ1) is 6.63. The molecule has 0 radical (unpaired) electrons. The Balaban J connectivity index is 3.07. The third-order valence-corrected chi connectivity index (χ3v) is 2.16. The number of alkyl halides is 1. The van der Waals surface area contributed by atoms with Crippen molar-refractivity contribution in [3.8, 4) is 0 Å². The van der Waals surface area contributed by atoms with Crippen molar-refractivity contribution in [3.63, 3.8) is 0 Å². The Kier molecular flexibility index (Phi) is 4.17. The number of carboxylic acids is 1. The minimum atomic E-state index is -0.971. The SMILES string of the molecule is O=C(O)c1cc(Cl)cc(C=CCBr)c1. The van der Waals surface area contributed by atoms with Gasteiger partial charge in [-0.25, -0.2) is 4.79 Å². The highest BCUT2D eigenvalue weighted by atomic mass is 79.9. The second-order valence-electron chi connectivity index (χ2n) is 2.64. The van der Waals surface area contributed by atoms with Crippen LogP contribution in [-0.4, -0.2) is 16.4 Å². The van der Waals surface area contributed by atoms with Crippen LogP contribution in [0.25, 0.3) is 6.08 Å². The fourth-order valence-electron chi connectivity index (χ4n) is 1.01. The minimum absolute atomic E-state index is 0.201. The van der Waals surface area contributed by atoms with Crippen LogP contribution >= 0.6 is 27.5 Å². The summed E-state index contributed by atoms with van der Waals surface area (Å²) in [5, 5.41) is 9.92. The van der Waals surface area contributed by atoms with E-state index in [9.17, 15) is 4.79 Å². The van der Waals surface area contributed by atoms with Crippen molar-refractivity contribution >= 4 is 39.6 Å². The monoisotopic (exact) mass is 274 g/mol. The predicted molar refractivity (Wildman–Crippen MR) is 61.2 cm³/mol. The lowest BCUT2D eigenvalue weighted by Crippen LogP contribution is -1.96. The van der Waals surface area contributed by atoms with Crippen LogP contribution in [0.5, 0.6) is 0 Å². The molecule has 0 unspecified atom stereocenters. The van der Waals surface area contributed by atoms with Gasteiger partial charge in [-0.2, -0.15) is 0 Å². The van der Waals surface area contributed by atoms with E-state index in [1.165, 1.54) is 6.07 Å². The molecule has 2 nitrogen and oxygen atoms in total. The molecule has 0 aromatic heterocycles. The molecular weight excluding hydrogens is 267 g/mol. The summed E-state index contributed by atoms with van der Waals surface area (Å²) in [4.78, 5) is 10.7. The lowest BCUT2D eigenvalue weighted by atomic mass is 10.1. The molecule has 1 aromatic carbocycles. The summed E-state index contributed by atoms with van der Waals surface area (Å²) in [5.74, 6) is -0.971. The number of hydrogen-bond acceptors (Lipinski definition) is 1. The van der Waals surface area contributed by atoms with E-state index in [2.05, 4.69) is 15.9 Å². The van der Waals surface area contributed by atoms with Gasteiger partial charge in [0.2, 0.25) is 0 Å². The predicted octanol–water partition coefficient (Wildman–Crippen LogP) is 3.45. The van der Waals surface area contributed by atoms with E-state index in [0.717, 1.165) is 10.9 Å². The first-order valence-corrected chi connectivity index (χ1v) is 5.40. The van der Waals surface area contributed by atoms with E-state index >= 15 is 0 Å². The molecule has 0 aliphatic carbocycles. The highest BCUT2D eigenvalue weighted by Crippen LogP contribution is 2.16. The molecule has 0 spiro atoms. The van der Waals surface area contributed by atoms with E-state index in [4.69, 9.17) is 16.7 Å². The van der Waals surface area contributed by atoms with Gasteiger partial charge in [-0.1, -0.05) is 39.7 Å². The molecule has 0 aliphatic rings. The van der Waals surface area contributed by atoms with Gasteiger partial charge in [-0.15, -0.1) is 0 Å². The molecule has 0 fully saturated rings. The number of hydrogen-bond donors (Lipinski definition) is 1. The molecule has 0 atom stereocenters. The van der Waals surface area contributed by atoms with Crippen LogP contribution in [0.1, 0.15) is 15.9 Å². The largest absolute Gasteiger partial charge is 0.478 e. The van der Waals surface area contributed by atoms with Gasteiger partial charge in [0, 0.05) is 10.4 Å². The Morgan fingerprint density at radius 1 is 1.50 bits per heavy atom. The van der Waals surface area contributed by atoms with Crippen molar-refractivity contribution in [2.75, 3.05) is 5.33 Å². The highest BCUT2D eigenvalue weighted by Gasteiger charge is 2.04. The minimum Gasteiger partial charge on any atom is -0.478 e. The maximum Gasteiger partial charge on any atom is 0.335 e. The second-order valence-corrected chi connectivity index (χ2v) is 3.72. The van der Waals surface area contributed by atoms with Crippen LogP contribution in [0, 0.1) is 0 Å². The van der Waals surface area contributed by atoms with Crippen molar-refractivity contribution in [1.29, 1.82) is 0 Å². The number of allylic oxidation sites excluding steroid dienone is 1. The number of rotatable bonds is 3. The van der Waals surface area contributed by atoms with Gasteiger partial charge in [0.05, 0.1) is 5.56 Å². The zero-order valence-electron chi connectivity index (χ0n) is 7.21. The van der Waals surface area contributed by atoms with Gasteiger partial charge >= 0.3 is 5.97 Å². The fraction of sp³-hybridized carbons (Fsp3) is 0.100. The van der Waals surface area contributed by atoms with Crippen molar-refractivity contribution < 1.29 is 9.90 Å². The van der Waals surface area contributed by atoms with Crippen LogP contribution in [-0.2, 0) is 0 Å². The molecule has 0 amide bonds. The molecule has 0 heterocycles. The van der Waals surface area contributed by atoms with Gasteiger partial charge in [-0.05, 0) is 23.8 Å². The maximum atomic E-state index is 10.7. The van der Waals surface area contributed by atoms with Gasteiger partial charge in [0.15, 0.2) is 0 Å². The summed E-state index contributed by atoms with van der Waals surface area (Å²) in [7, 11) is 0. The smallest absolute Gasteiger partial charge is 0.335 e. The standard InChI is InChI=1S/C10H8BrClO2/c11-3-1-2-7-4-8(10(13)14)6-9(12)5-7/h1-2,4-6H,3H2,(H,13,14). The van der Waals surface area contributed by atoms with Gasteiger partial charge in [0.25, 0.3) is 0 Å². The summed E-state index contributed by atoms with van der Waals surface area (Å²) in [6.45, 7) is 0. The van der Waals surface area contributed by atoms with Gasteiger partial charge in [-0.3, -0.25) is 0 Å². The van der Waals surface area contributed by atoms with Crippen molar-refractivity contribution in [2.24, 2.45) is 0 Å². The molecular formula is C10H8BrClO2. The van der Waals surface area contributed by atoms with Crippen molar-refractivity contribution in [2.45, 2.75) is 0 Å². The highest BCUT2D eigenvalue weighted by molar-refractivity contribution is 9.09. The summed E-state index contributed by atoms with van der Waals surface area (Å²) < 4.78 is 0. The lowest BCUT2D eigenvalue weighted by molar-refractivity contribution is 0.0697. The zero-order chi connectivity index (χ0) is 10.6. The summed E-state index contributed by atoms with van der Waals surface area (Å²) >= 11 is 9.00. The number of carbonyl (C=O) groups is 1. The third-order valence-electron chi connectivity index (χ3n) is 1.57. The fourth-order valence-corrected chi connectivity index (χ4v) is 1.44. The lowest BCUT2D eigenvalue weighted by Gasteiger charge is -1.98. The Labute approximate surface area is 95.3 Å². The van der Waals surface area contributed by atoms with Crippen LogP contribution in [0.4, 0.5) is 0 Å².